The van der Waals surface area contributed by atoms with Gasteiger partial charge in [-0.2, -0.15) is 26.3 Å². The number of hydrogen-bond acceptors (Lipinski definition) is 3. The van der Waals surface area contributed by atoms with Crippen molar-refractivity contribution in [1.29, 1.82) is 0 Å². The molecule has 0 spiro atoms. The second-order valence-corrected chi connectivity index (χ2v) is 4.92. The maximum atomic E-state index is 12.4. The number of fused-ring (bicyclic) bond motifs is 1. The molecule has 1 aliphatic carbocycles. The summed E-state index contributed by atoms with van der Waals surface area (Å²) in [5.74, 6) is -6.32. The third-order valence-electron chi connectivity index (χ3n) is 3.67. The van der Waals surface area contributed by atoms with Crippen molar-refractivity contribution < 1.29 is 35.9 Å². The summed E-state index contributed by atoms with van der Waals surface area (Å²) in [7, 11) is 0. The van der Waals surface area contributed by atoms with E-state index in [1.165, 1.54) is 0 Å². The maximum Gasteiger partial charge on any atom is 0.409 e. The van der Waals surface area contributed by atoms with Gasteiger partial charge < -0.3 is 15.8 Å². The molecule has 116 valence electrons. The summed E-state index contributed by atoms with van der Waals surface area (Å²) < 4.78 is 79.3. The van der Waals surface area contributed by atoms with E-state index in [2.05, 4.69) is 0 Å². The van der Waals surface area contributed by atoms with E-state index in [0.29, 0.717) is 13.0 Å². The Morgan fingerprint density at radius 2 is 1.75 bits per heavy atom. The minimum atomic E-state index is -5.70. The normalized spacial score (nSPS) is 33.8. The molecular weight excluding hydrogens is 294 g/mol. The van der Waals surface area contributed by atoms with Gasteiger partial charge in [0.15, 0.2) is 0 Å². The zero-order valence-corrected chi connectivity index (χ0v) is 9.96. The fraction of sp³-hybridized carbons (Fsp3) is 0.900. The highest BCUT2D eigenvalue weighted by molar-refractivity contribution is 5.81. The van der Waals surface area contributed by atoms with Gasteiger partial charge in [0.25, 0.3) is 0 Å². The van der Waals surface area contributed by atoms with Crippen molar-refractivity contribution >= 4 is 5.91 Å². The molecule has 20 heavy (non-hydrogen) atoms. The van der Waals surface area contributed by atoms with E-state index >= 15 is 0 Å². The lowest BCUT2D eigenvalue weighted by molar-refractivity contribution is -0.274. The molecule has 0 radical (unpaired) electrons. The van der Waals surface area contributed by atoms with E-state index in [1.807, 2.05) is 0 Å². The first-order chi connectivity index (χ1) is 9.03. The summed E-state index contributed by atoms with van der Waals surface area (Å²) in [5, 5.41) is 1.72. The standard InChI is InChI=1S/C10H12F6N2O2/c11-9(12,13)7(10(14,15)16)8(19)18-5-4(17)3-1-2-20-6(3)5/h3-7H,1-2,17H2,(H,18,19). The average Bonchev–Trinajstić information content (AvgIpc) is 2.66. The van der Waals surface area contributed by atoms with Crippen molar-refractivity contribution in [2.45, 2.75) is 37.0 Å². The highest BCUT2D eigenvalue weighted by Gasteiger charge is 2.62. The number of amides is 1. The molecule has 3 N–H and O–H groups in total. The van der Waals surface area contributed by atoms with Crippen LogP contribution in [0.1, 0.15) is 6.42 Å². The van der Waals surface area contributed by atoms with Gasteiger partial charge in [-0.1, -0.05) is 0 Å². The van der Waals surface area contributed by atoms with Gasteiger partial charge >= 0.3 is 12.4 Å². The first-order valence-corrected chi connectivity index (χ1v) is 5.84. The second-order valence-electron chi connectivity index (χ2n) is 4.92. The van der Waals surface area contributed by atoms with Crippen LogP contribution in [0.25, 0.3) is 0 Å². The summed E-state index contributed by atoms with van der Waals surface area (Å²) in [6.07, 6.45) is -11.4. The molecule has 1 amide bonds. The van der Waals surface area contributed by atoms with E-state index in [-0.39, 0.29) is 5.92 Å². The Kier molecular flexibility index (Phi) is 3.66. The van der Waals surface area contributed by atoms with Crippen molar-refractivity contribution in [2.75, 3.05) is 6.61 Å². The van der Waals surface area contributed by atoms with E-state index in [4.69, 9.17) is 10.5 Å². The first kappa shape index (κ1) is 15.4. The van der Waals surface area contributed by atoms with Crippen LogP contribution >= 0.6 is 0 Å². The molecule has 0 aromatic carbocycles. The van der Waals surface area contributed by atoms with Gasteiger partial charge in [0.2, 0.25) is 11.8 Å². The van der Waals surface area contributed by atoms with Crippen LogP contribution < -0.4 is 11.1 Å². The molecule has 2 aliphatic rings. The molecule has 4 unspecified atom stereocenters. The fourth-order valence-electron chi connectivity index (χ4n) is 2.66. The minimum absolute atomic E-state index is 0.129. The number of nitrogens with two attached hydrogens (primary N) is 1. The number of carbonyl (C=O) groups excluding carboxylic acids is 1. The Morgan fingerprint density at radius 1 is 1.20 bits per heavy atom. The van der Waals surface area contributed by atoms with E-state index in [9.17, 15) is 31.1 Å². The molecule has 2 fully saturated rings. The van der Waals surface area contributed by atoms with Crippen LogP contribution in [0, 0.1) is 11.8 Å². The Hall–Kier alpha value is -1.03. The van der Waals surface area contributed by atoms with Crippen molar-refractivity contribution in [3.05, 3.63) is 0 Å². The molecule has 2 rings (SSSR count). The summed E-state index contributed by atoms with van der Waals surface area (Å²) >= 11 is 0. The third kappa shape index (κ3) is 2.58. The van der Waals surface area contributed by atoms with Crippen molar-refractivity contribution in [3.63, 3.8) is 0 Å². The number of carbonyl (C=O) groups is 1. The molecule has 1 aliphatic heterocycles. The smallest absolute Gasteiger partial charge is 0.376 e. The highest BCUT2D eigenvalue weighted by Crippen LogP contribution is 2.41. The lowest BCUT2D eigenvalue weighted by atomic mass is 9.72. The lowest BCUT2D eigenvalue weighted by Crippen LogP contribution is -2.70. The Labute approximate surface area is 109 Å². The van der Waals surface area contributed by atoms with Crippen molar-refractivity contribution in [2.24, 2.45) is 17.6 Å². The third-order valence-corrected chi connectivity index (χ3v) is 3.67. The summed E-state index contributed by atoms with van der Waals surface area (Å²) in [4.78, 5) is 11.3. The summed E-state index contributed by atoms with van der Waals surface area (Å²) in [5.41, 5.74) is 5.62. The Bertz CT molecular complexity index is 382. The largest absolute Gasteiger partial charge is 0.409 e. The average molecular weight is 306 g/mol. The van der Waals surface area contributed by atoms with E-state index in [0.717, 1.165) is 0 Å². The summed E-state index contributed by atoms with van der Waals surface area (Å²) in [6, 6.07) is -1.70. The van der Waals surface area contributed by atoms with Gasteiger partial charge in [0.1, 0.15) is 0 Å². The Morgan fingerprint density at radius 3 is 2.25 bits per heavy atom. The van der Waals surface area contributed by atoms with Crippen molar-refractivity contribution in [1.82, 2.24) is 5.32 Å². The predicted molar refractivity (Wildman–Crippen MR) is 53.4 cm³/mol. The zero-order valence-electron chi connectivity index (χ0n) is 9.96. The molecule has 0 aromatic heterocycles. The molecule has 0 bridgehead atoms. The van der Waals surface area contributed by atoms with Gasteiger partial charge in [-0.3, -0.25) is 4.79 Å². The quantitative estimate of drug-likeness (QED) is 0.747. The van der Waals surface area contributed by atoms with E-state index in [1.54, 1.807) is 5.32 Å². The van der Waals surface area contributed by atoms with E-state index < -0.39 is 42.4 Å². The van der Waals surface area contributed by atoms with Gasteiger partial charge in [0.05, 0.1) is 12.1 Å². The first-order valence-electron chi connectivity index (χ1n) is 5.84. The molecule has 1 heterocycles. The van der Waals surface area contributed by atoms with Crippen LogP contribution in [0.5, 0.6) is 0 Å². The van der Waals surface area contributed by atoms with Crippen LogP contribution in [0.4, 0.5) is 26.3 Å². The summed E-state index contributed by atoms with van der Waals surface area (Å²) in [6.45, 7) is 0.331. The topological polar surface area (TPSA) is 64.3 Å². The van der Waals surface area contributed by atoms with Crippen LogP contribution in [0.3, 0.4) is 0 Å². The zero-order chi connectivity index (χ0) is 15.3. The maximum absolute atomic E-state index is 12.4. The van der Waals surface area contributed by atoms with Crippen LogP contribution in [0.2, 0.25) is 0 Å². The van der Waals surface area contributed by atoms with Gasteiger partial charge in [-0.15, -0.1) is 0 Å². The number of ether oxygens (including phenoxy) is 1. The number of rotatable bonds is 2. The minimum Gasteiger partial charge on any atom is -0.376 e. The molecule has 1 saturated carbocycles. The second kappa shape index (κ2) is 4.76. The molecular formula is C10H12F6N2O2. The fourth-order valence-corrected chi connectivity index (χ4v) is 2.66. The Balaban J connectivity index is 2.06. The molecule has 10 heteroatoms. The van der Waals surface area contributed by atoms with Crippen LogP contribution in [0.15, 0.2) is 0 Å². The molecule has 1 saturated heterocycles. The van der Waals surface area contributed by atoms with Gasteiger partial charge in [-0.05, 0) is 6.42 Å². The number of nitrogens with one attached hydrogen (secondary N) is 1. The van der Waals surface area contributed by atoms with Gasteiger partial charge in [-0.25, -0.2) is 0 Å². The van der Waals surface area contributed by atoms with Crippen molar-refractivity contribution in [3.8, 4) is 0 Å². The highest BCUT2D eigenvalue weighted by atomic mass is 19.4. The number of halogens is 6. The van der Waals surface area contributed by atoms with Crippen LogP contribution in [-0.2, 0) is 9.53 Å². The predicted octanol–water partition coefficient (Wildman–Crippen LogP) is 0.958. The van der Waals surface area contributed by atoms with Crippen LogP contribution in [-0.4, -0.2) is 43.1 Å². The molecule has 4 nitrogen and oxygen atoms in total. The monoisotopic (exact) mass is 306 g/mol. The SMILES string of the molecule is NC1C2CCOC2C1NC(=O)C(C(F)(F)F)C(F)(F)F. The molecule has 4 atom stereocenters. The van der Waals surface area contributed by atoms with Gasteiger partial charge in [0, 0.05) is 18.6 Å². The number of hydrogen-bond donors (Lipinski definition) is 2. The lowest BCUT2D eigenvalue weighted by Gasteiger charge is -2.46. The number of alkyl halides is 6. The molecule has 0 aromatic rings.